The molecule has 0 fully saturated rings. The number of rotatable bonds is 6. The molecular weight excluding hydrogens is 470 g/mol. The SMILES string of the molecule is O=C(O)[C@H](Cc1ccc(Br)cc1Br)N=C(c1ccccc1)c1ccccc1. The van der Waals surface area contributed by atoms with Crippen LogP contribution in [0.1, 0.15) is 16.7 Å². The summed E-state index contributed by atoms with van der Waals surface area (Å²) in [6, 6.07) is 24.2. The van der Waals surface area contributed by atoms with Gasteiger partial charge in [0.2, 0.25) is 0 Å². The smallest absolute Gasteiger partial charge is 0.328 e. The Labute approximate surface area is 175 Å². The summed E-state index contributed by atoms with van der Waals surface area (Å²) < 4.78 is 1.79. The van der Waals surface area contributed by atoms with E-state index in [1.807, 2.05) is 78.9 Å². The van der Waals surface area contributed by atoms with E-state index in [1.165, 1.54) is 0 Å². The lowest BCUT2D eigenvalue weighted by Gasteiger charge is -2.14. The van der Waals surface area contributed by atoms with E-state index < -0.39 is 12.0 Å². The molecule has 1 atom stereocenters. The summed E-state index contributed by atoms with van der Waals surface area (Å²) in [6.07, 6.45) is 0.298. The Morgan fingerprint density at radius 2 is 1.44 bits per heavy atom. The van der Waals surface area contributed by atoms with Crippen LogP contribution in [0.5, 0.6) is 0 Å². The fraction of sp³-hybridized carbons (Fsp3) is 0.0909. The van der Waals surface area contributed by atoms with Crippen molar-refractivity contribution in [3.05, 3.63) is 104 Å². The molecule has 27 heavy (non-hydrogen) atoms. The van der Waals surface area contributed by atoms with Gasteiger partial charge in [-0.15, -0.1) is 0 Å². The Kier molecular flexibility index (Phi) is 6.58. The van der Waals surface area contributed by atoms with Crippen LogP contribution in [0.3, 0.4) is 0 Å². The fourth-order valence-corrected chi connectivity index (χ4v) is 3.96. The van der Waals surface area contributed by atoms with Crippen molar-refractivity contribution in [2.75, 3.05) is 0 Å². The van der Waals surface area contributed by atoms with Gasteiger partial charge in [-0.05, 0) is 17.7 Å². The number of carboxylic acid groups (broad SMARTS) is 1. The van der Waals surface area contributed by atoms with E-state index in [9.17, 15) is 9.90 Å². The van der Waals surface area contributed by atoms with Crippen molar-refractivity contribution in [2.24, 2.45) is 4.99 Å². The highest BCUT2D eigenvalue weighted by Crippen LogP contribution is 2.24. The number of carboxylic acids is 1. The number of halogens is 2. The first kappa shape index (κ1) is 19.5. The van der Waals surface area contributed by atoms with Crippen molar-refractivity contribution in [3.8, 4) is 0 Å². The Balaban J connectivity index is 2.03. The highest BCUT2D eigenvalue weighted by molar-refractivity contribution is 9.11. The van der Waals surface area contributed by atoms with E-state index in [4.69, 9.17) is 0 Å². The van der Waals surface area contributed by atoms with Crippen LogP contribution in [-0.4, -0.2) is 22.8 Å². The molecule has 3 rings (SSSR count). The van der Waals surface area contributed by atoms with Crippen molar-refractivity contribution in [1.82, 2.24) is 0 Å². The average molecular weight is 487 g/mol. The molecule has 0 spiro atoms. The Bertz CT molecular complexity index is 915. The topological polar surface area (TPSA) is 49.7 Å². The molecule has 0 radical (unpaired) electrons. The van der Waals surface area contributed by atoms with Crippen LogP contribution in [0.15, 0.2) is 92.8 Å². The minimum atomic E-state index is -0.950. The third kappa shape index (κ3) is 5.15. The third-order valence-corrected chi connectivity index (χ3v) is 5.32. The first-order valence-electron chi connectivity index (χ1n) is 8.40. The molecule has 0 unspecified atom stereocenters. The van der Waals surface area contributed by atoms with Crippen molar-refractivity contribution >= 4 is 43.5 Å². The van der Waals surface area contributed by atoms with Crippen LogP contribution in [0.25, 0.3) is 0 Å². The van der Waals surface area contributed by atoms with Gasteiger partial charge in [0.05, 0.1) is 5.71 Å². The van der Waals surface area contributed by atoms with Crippen molar-refractivity contribution in [1.29, 1.82) is 0 Å². The number of benzene rings is 3. The minimum Gasteiger partial charge on any atom is -0.480 e. The Morgan fingerprint density at radius 1 is 0.889 bits per heavy atom. The zero-order valence-electron chi connectivity index (χ0n) is 14.3. The molecule has 5 heteroatoms. The highest BCUT2D eigenvalue weighted by atomic mass is 79.9. The molecule has 0 heterocycles. The van der Waals surface area contributed by atoms with Gasteiger partial charge in [0.1, 0.15) is 0 Å². The zero-order valence-corrected chi connectivity index (χ0v) is 17.5. The van der Waals surface area contributed by atoms with Crippen LogP contribution in [-0.2, 0) is 11.2 Å². The Hall–Kier alpha value is -2.24. The second-order valence-electron chi connectivity index (χ2n) is 6.00. The summed E-state index contributed by atoms with van der Waals surface area (Å²) in [6.45, 7) is 0. The molecule has 0 aliphatic heterocycles. The number of carbonyl (C=O) groups is 1. The molecule has 0 aromatic heterocycles. The van der Waals surface area contributed by atoms with Gasteiger partial charge in [-0.1, -0.05) is 98.6 Å². The van der Waals surface area contributed by atoms with Gasteiger partial charge in [-0.2, -0.15) is 0 Å². The molecule has 1 N–H and O–H groups in total. The van der Waals surface area contributed by atoms with Crippen LogP contribution in [0.2, 0.25) is 0 Å². The summed E-state index contributed by atoms with van der Waals surface area (Å²) >= 11 is 6.93. The maximum Gasteiger partial charge on any atom is 0.328 e. The number of nitrogens with zero attached hydrogens (tertiary/aromatic N) is 1. The summed E-state index contributed by atoms with van der Waals surface area (Å²) in [4.78, 5) is 16.6. The number of aliphatic carboxylic acids is 1. The molecule has 0 amide bonds. The second-order valence-corrected chi connectivity index (χ2v) is 7.77. The first-order valence-corrected chi connectivity index (χ1v) is 9.98. The maximum absolute atomic E-state index is 11.9. The molecule has 0 saturated carbocycles. The monoisotopic (exact) mass is 485 g/mol. The number of hydrogen-bond acceptors (Lipinski definition) is 2. The number of aliphatic imine (C=N–C) groups is 1. The van der Waals surface area contributed by atoms with Crippen molar-refractivity contribution in [3.63, 3.8) is 0 Å². The lowest BCUT2D eigenvalue weighted by atomic mass is 10.0. The van der Waals surface area contributed by atoms with E-state index in [-0.39, 0.29) is 0 Å². The van der Waals surface area contributed by atoms with Crippen molar-refractivity contribution < 1.29 is 9.90 Å². The zero-order chi connectivity index (χ0) is 19.2. The normalized spacial score (nSPS) is 11.6. The highest BCUT2D eigenvalue weighted by Gasteiger charge is 2.20. The predicted molar refractivity (Wildman–Crippen MR) is 115 cm³/mol. The van der Waals surface area contributed by atoms with Crippen LogP contribution < -0.4 is 0 Å². The van der Waals surface area contributed by atoms with Gasteiger partial charge in [0.15, 0.2) is 6.04 Å². The molecule has 0 bridgehead atoms. The molecule has 3 aromatic rings. The first-order chi connectivity index (χ1) is 13.0. The molecule has 0 saturated heterocycles. The summed E-state index contributed by atoms with van der Waals surface area (Å²) in [5.41, 5.74) is 3.36. The molecule has 136 valence electrons. The summed E-state index contributed by atoms with van der Waals surface area (Å²) in [5, 5.41) is 9.79. The van der Waals surface area contributed by atoms with Crippen LogP contribution >= 0.6 is 31.9 Å². The largest absolute Gasteiger partial charge is 0.480 e. The Morgan fingerprint density at radius 3 is 1.93 bits per heavy atom. The predicted octanol–water partition coefficient (Wildman–Crippen LogP) is 5.74. The maximum atomic E-state index is 11.9. The van der Waals surface area contributed by atoms with Crippen LogP contribution in [0, 0.1) is 0 Å². The van der Waals surface area contributed by atoms with Gasteiger partial charge in [-0.25, -0.2) is 4.79 Å². The van der Waals surface area contributed by atoms with E-state index >= 15 is 0 Å². The number of hydrogen-bond donors (Lipinski definition) is 1. The summed E-state index contributed by atoms with van der Waals surface area (Å²) in [7, 11) is 0. The minimum absolute atomic E-state index is 0.298. The van der Waals surface area contributed by atoms with Gasteiger partial charge < -0.3 is 5.11 Å². The molecule has 0 aliphatic rings. The molecule has 0 aliphatic carbocycles. The van der Waals surface area contributed by atoms with Gasteiger partial charge in [-0.3, -0.25) is 4.99 Å². The van der Waals surface area contributed by atoms with Gasteiger partial charge in [0.25, 0.3) is 0 Å². The average Bonchev–Trinajstić information content (AvgIpc) is 2.68. The quantitative estimate of drug-likeness (QED) is 0.451. The standard InChI is InChI=1S/C22H17Br2NO2/c23-18-12-11-17(19(24)14-18)13-20(22(26)27)25-21(15-7-3-1-4-8-15)16-9-5-2-6-10-16/h1-12,14,20H,13H2,(H,26,27)/t20-/m0/s1. The lowest BCUT2D eigenvalue weighted by molar-refractivity contribution is -0.138. The lowest BCUT2D eigenvalue weighted by Crippen LogP contribution is -2.23. The van der Waals surface area contributed by atoms with E-state index in [2.05, 4.69) is 36.9 Å². The van der Waals surface area contributed by atoms with E-state index in [0.29, 0.717) is 12.1 Å². The third-order valence-electron chi connectivity index (χ3n) is 4.09. The van der Waals surface area contributed by atoms with Gasteiger partial charge >= 0.3 is 5.97 Å². The van der Waals surface area contributed by atoms with Crippen LogP contribution in [0.4, 0.5) is 0 Å². The van der Waals surface area contributed by atoms with Gasteiger partial charge in [0, 0.05) is 26.5 Å². The molecule has 3 nitrogen and oxygen atoms in total. The van der Waals surface area contributed by atoms with E-state index in [1.54, 1.807) is 0 Å². The van der Waals surface area contributed by atoms with E-state index in [0.717, 1.165) is 25.6 Å². The second kappa shape index (κ2) is 9.11. The molecule has 3 aromatic carbocycles. The molecular formula is C22H17Br2NO2. The fourth-order valence-electron chi connectivity index (χ4n) is 2.75. The van der Waals surface area contributed by atoms with Crippen molar-refractivity contribution in [2.45, 2.75) is 12.5 Å². The summed E-state index contributed by atoms with van der Waals surface area (Å²) in [5.74, 6) is -0.950.